The molecule has 2 aromatic rings. The molecule has 0 spiro atoms. The summed E-state index contributed by atoms with van der Waals surface area (Å²) >= 11 is 2.18. The van der Waals surface area contributed by atoms with Crippen LogP contribution in [0.1, 0.15) is 44.1 Å². The molecule has 2 aromatic carbocycles. The van der Waals surface area contributed by atoms with Gasteiger partial charge in [-0.2, -0.15) is 0 Å². The zero-order valence-electron chi connectivity index (χ0n) is 24.1. The second-order valence-corrected chi connectivity index (χ2v) is 12.9. The van der Waals surface area contributed by atoms with Crippen LogP contribution < -0.4 is 14.8 Å². The average molecular weight is 689 g/mol. The van der Waals surface area contributed by atoms with Crippen LogP contribution in [0.4, 0.5) is 0 Å². The van der Waals surface area contributed by atoms with Crippen molar-refractivity contribution in [3.8, 4) is 11.5 Å². The van der Waals surface area contributed by atoms with E-state index in [0.29, 0.717) is 42.5 Å². The van der Waals surface area contributed by atoms with Crippen LogP contribution in [0.15, 0.2) is 60.2 Å². The number of hydrogen-bond donors (Lipinski definition) is 3. The number of rotatable bonds is 12. The molecule has 3 N–H and O–H groups in total. The number of aliphatic hydroxyl groups is 2. The molecule has 3 aliphatic rings. The number of aliphatic hydroxyl groups excluding tert-OH is 2. The van der Waals surface area contributed by atoms with Crippen LogP contribution in [0.3, 0.4) is 0 Å². The fraction of sp³-hybridized carbons (Fsp3) is 0.515. The van der Waals surface area contributed by atoms with Crippen molar-refractivity contribution < 1.29 is 29.3 Å². The Morgan fingerprint density at radius 1 is 1.07 bits per heavy atom. The van der Waals surface area contributed by atoms with Gasteiger partial charge in [-0.3, -0.25) is 9.59 Å². The van der Waals surface area contributed by atoms with Crippen LogP contribution in [0.25, 0.3) is 0 Å². The highest BCUT2D eigenvalue weighted by atomic mass is 127. The van der Waals surface area contributed by atoms with E-state index in [1.54, 1.807) is 18.1 Å². The number of amides is 2. The first-order chi connectivity index (χ1) is 20.4. The van der Waals surface area contributed by atoms with Crippen molar-refractivity contribution in [2.75, 3.05) is 26.8 Å². The third-order valence-electron chi connectivity index (χ3n) is 9.17. The Kier molecular flexibility index (Phi) is 10.4. The quantitative estimate of drug-likeness (QED) is 0.290. The van der Waals surface area contributed by atoms with Crippen LogP contribution in [-0.4, -0.2) is 72.0 Å². The molecular formula is C33H41IN2O6. The number of ether oxygens (including phenoxy) is 2. The summed E-state index contributed by atoms with van der Waals surface area (Å²) in [6.07, 6.45) is 5.75. The maximum absolute atomic E-state index is 14.2. The first kappa shape index (κ1) is 30.8. The highest BCUT2D eigenvalue weighted by Crippen LogP contribution is 2.49. The molecule has 226 valence electrons. The lowest BCUT2D eigenvalue weighted by atomic mass is 9.84. The number of carbonyl (C=O) groups is 2. The summed E-state index contributed by atoms with van der Waals surface area (Å²) in [5.74, 6) is 2.73. The van der Waals surface area contributed by atoms with E-state index in [4.69, 9.17) is 9.47 Å². The van der Waals surface area contributed by atoms with Gasteiger partial charge in [0.2, 0.25) is 11.8 Å². The maximum Gasteiger partial charge on any atom is 0.247 e. The zero-order chi connectivity index (χ0) is 29.6. The van der Waals surface area contributed by atoms with Gasteiger partial charge < -0.3 is 29.9 Å². The number of nitrogens with zero attached hydrogens (tertiary/aromatic N) is 1. The van der Waals surface area contributed by atoms with Crippen LogP contribution in [0, 0.1) is 21.3 Å². The zero-order valence-corrected chi connectivity index (χ0v) is 26.2. The second kappa shape index (κ2) is 14.2. The van der Waals surface area contributed by atoms with Gasteiger partial charge in [0.05, 0.1) is 23.3 Å². The summed E-state index contributed by atoms with van der Waals surface area (Å²) in [4.78, 5) is 29.1. The first-order valence-corrected chi connectivity index (χ1v) is 16.1. The fourth-order valence-electron chi connectivity index (χ4n) is 7.06. The van der Waals surface area contributed by atoms with Crippen molar-refractivity contribution in [3.63, 3.8) is 0 Å². The van der Waals surface area contributed by atoms with Gasteiger partial charge >= 0.3 is 0 Å². The van der Waals surface area contributed by atoms with Gasteiger partial charge in [-0.05, 0) is 95.9 Å². The van der Waals surface area contributed by atoms with E-state index in [1.165, 1.54) is 19.3 Å². The predicted molar refractivity (Wildman–Crippen MR) is 168 cm³/mol. The molecule has 0 heterocycles. The Morgan fingerprint density at radius 2 is 1.83 bits per heavy atom. The molecule has 2 saturated carbocycles. The number of methoxy groups -OCH3 is 1. The molecule has 5 rings (SSSR count). The van der Waals surface area contributed by atoms with E-state index < -0.39 is 18.2 Å². The third-order valence-corrected chi connectivity index (χ3v) is 10.1. The summed E-state index contributed by atoms with van der Waals surface area (Å²) < 4.78 is 12.7. The maximum atomic E-state index is 14.2. The molecule has 42 heavy (non-hydrogen) atoms. The summed E-state index contributed by atoms with van der Waals surface area (Å²) in [5, 5.41) is 23.8. The van der Waals surface area contributed by atoms with E-state index in [9.17, 15) is 19.8 Å². The highest BCUT2D eigenvalue weighted by molar-refractivity contribution is 14.1. The van der Waals surface area contributed by atoms with Crippen LogP contribution in [-0.2, 0) is 16.0 Å². The molecule has 9 heteroatoms. The minimum absolute atomic E-state index is 0.0107. The SMILES string of the molecule is COc1ccccc1CCN(C(=O)CC1CC2CCC1C2)[C@@H]1CC(C(=O)NCCO)=C[C@H](Oc2ccccc2I)[C@H]1O. The van der Waals surface area contributed by atoms with Crippen LogP contribution >= 0.6 is 22.6 Å². The van der Waals surface area contributed by atoms with Gasteiger partial charge in [-0.25, -0.2) is 0 Å². The van der Waals surface area contributed by atoms with Gasteiger partial charge in [0.1, 0.15) is 23.7 Å². The van der Waals surface area contributed by atoms with Gasteiger partial charge in [0, 0.05) is 31.5 Å². The van der Waals surface area contributed by atoms with Crippen molar-refractivity contribution in [1.82, 2.24) is 10.2 Å². The Balaban J connectivity index is 1.43. The third kappa shape index (κ3) is 7.11. The Morgan fingerprint density at radius 3 is 2.52 bits per heavy atom. The summed E-state index contributed by atoms with van der Waals surface area (Å²) in [6, 6.07) is 14.6. The van der Waals surface area contributed by atoms with Crippen molar-refractivity contribution in [3.05, 3.63) is 69.3 Å². The number of fused-ring (bicyclic) bond motifs is 2. The number of hydrogen-bond acceptors (Lipinski definition) is 6. The molecule has 2 fully saturated rings. The number of carbonyl (C=O) groups excluding carboxylic acids is 2. The minimum atomic E-state index is -1.04. The molecule has 0 aromatic heterocycles. The largest absolute Gasteiger partial charge is 0.496 e. The molecule has 2 amide bonds. The van der Waals surface area contributed by atoms with Crippen molar-refractivity contribution >= 4 is 34.4 Å². The molecule has 6 atom stereocenters. The Labute approximate surface area is 261 Å². The molecular weight excluding hydrogens is 647 g/mol. The van der Waals surface area contributed by atoms with Crippen molar-refractivity contribution in [2.45, 2.75) is 63.2 Å². The summed E-state index contributed by atoms with van der Waals surface area (Å²) in [7, 11) is 1.64. The fourth-order valence-corrected chi connectivity index (χ4v) is 7.57. The topological polar surface area (TPSA) is 108 Å². The Bertz CT molecular complexity index is 1280. The van der Waals surface area contributed by atoms with Crippen molar-refractivity contribution in [1.29, 1.82) is 0 Å². The molecule has 0 saturated heterocycles. The van der Waals surface area contributed by atoms with Gasteiger partial charge in [0.15, 0.2) is 0 Å². The molecule has 3 unspecified atom stereocenters. The van der Waals surface area contributed by atoms with Crippen molar-refractivity contribution in [2.24, 2.45) is 17.8 Å². The Hall–Kier alpha value is -2.63. The van der Waals surface area contributed by atoms with E-state index in [0.717, 1.165) is 27.2 Å². The van der Waals surface area contributed by atoms with Crippen LogP contribution in [0.2, 0.25) is 0 Å². The first-order valence-electron chi connectivity index (χ1n) is 15.0. The number of para-hydroxylation sites is 2. The normalized spacial score (nSPS) is 26.4. The molecule has 0 radical (unpaired) electrons. The van der Waals surface area contributed by atoms with Gasteiger partial charge in [0.25, 0.3) is 0 Å². The molecule has 3 aliphatic carbocycles. The highest BCUT2D eigenvalue weighted by Gasteiger charge is 2.44. The molecule has 0 aliphatic heterocycles. The lowest BCUT2D eigenvalue weighted by molar-refractivity contribution is -0.140. The predicted octanol–water partition coefficient (Wildman–Crippen LogP) is 4.11. The van der Waals surface area contributed by atoms with Crippen LogP contribution in [0.5, 0.6) is 11.5 Å². The number of halogens is 1. The lowest BCUT2D eigenvalue weighted by Gasteiger charge is -2.41. The van der Waals surface area contributed by atoms with Gasteiger partial charge in [-0.15, -0.1) is 0 Å². The number of nitrogens with one attached hydrogen (secondary N) is 1. The van der Waals surface area contributed by atoms with E-state index in [-0.39, 0.29) is 31.4 Å². The van der Waals surface area contributed by atoms with Gasteiger partial charge in [-0.1, -0.05) is 36.8 Å². The smallest absolute Gasteiger partial charge is 0.247 e. The minimum Gasteiger partial charge on any atom is -0.496 e. The van der Waals surface area contributed by atoms with E-state index >= 15 is 0 Å². The summed E-state index contributed by atoms with van der Waals surface area (Å²) in [5.41, 5.74) is 1.41. The van der Waals surface area contributed by atoms with E-state index in [2.05, 4.69) is 27.9 Å². The number of benzene rings is 2. The van der Waals surface area contributed by atoms with E-state index in [1.807, 2.05) is 48.5 Å². The lowest BCUT2D eigenvalue weighted by Crippen LogP contribution is -2.55. The standard InChI is InChI=1S/C33H41IN2O6/c1-41-28-8-4-2-6-22(28)12-14-36(31(38)20-24-17-21-10-11-23(24)16-21)27-18-25(33(40)35-13-15-37)19-30(32(27)39)42-29-9-5-3-7-26(29)34/h2-9,19,21,23-24,27,30,32,37,39H,10-18,20H2,1H3,(H,35,40)/t21?,23?,24?,27-,30+,32+/m1/s1. The second-order valence-electron chi connectivity index (χ2n) is 11.7. The molecule has 8 nitrogen and oxygen atoms in total. The average Bonchev–Trinajstić information content (AvgIpc) is 3.62. The summed E-state index contributed by atoms with van der Waals surface area (Å²) in [6.45, 7) is 0.315. The monoisotopic (exact) mass is 688 g/mol. The molecule has 2 bridgehead atoms.